The molecule has 0 unspecified atom stereocenters. The van der Waals surface area contributed by atoms with E-state index in [0.29, 0.717) is 13.1 Å². The minimum Gasteiger partial charge on any atom is -0.482 e. The molecule has 0 bridgehead atoms. The Balaban J connectivity index is 0.00000261. The summed E-state index contributed by atoms with van der Waals surface area (Å²) in [6.45, 7) is -0.295. The molecule has 2 N–H and O–H groups in total. The van der Waals surface area contributed by atoms with Crippen LogP contribution in [-0.2, 0) is 11.8 Å². The summed E-state index contributed by atoms with van der Waals surface area (Å²) in [4.78, 5) is 12.7. The average Bonchev–Trinajstić information content (AvgIpc) is 3.21. The highest BCUT2D eigenvalue weighted by Gasteiger charge is 2.35. The minimum atomic E-state index is -4.45. The van der Waals surface area contributed by atoms with Crippen molar-refractivity contribution in [2.24, 2.45) is 13.0 Å². The van der Waals surface area contributed by atoms with Gasteiger partial charge in [-0.25, -0.2) is 0 Å². The van der Waals surface area contributed by atoms with Crippen molar-refractivity contribution >= 4 is 24.0 Å². The number of nitrogens with one attached hydrogen (secondary N) is 2. The molecule has 2 heterocycles. The summed E-state index contributed by atoms with van der Waals surface area (Å²) >= 11 is 0. The molecule has 0 saturated carbocycles. The maximum Gasteiger partial charge on any atom is 0.422 e. The number of amides is 1. The first-order valence-corrected chi connectivity index (χ1v) is 8.12. The van der Waals surface area contributed by atoms with Gasteiger partial charge in [0.05, 0.1) is 17.8 Å². The SMILES string of the molecule is Cl.Cn1cc([C@H]2CNC[C@@H]2C(=O)Nc2ccccc2OCC(F)(F)F)cn1. The van der Waals surface area contributed by atoms with Crippen molar-refractivity contribution in [2.45, 2.75) is 12.1 Å². The quantitative estimate of drug-likeness (QED) is 0.804. The lowest BCUT2D eigenvalue weighted by Gasteiger charge is -2.19. The Kier molecular flexibility index (Phi) is 6.72. The summed E-state index contributed by atoms with van der Waals surface area (Å²) in [5.41, 5.74) is 1.16. The van der Waals surface area contributed by atoms with E-state index in [0.717, 1.165) is 5.56 Å². The lowest BCUT2D eigenvalue weighted by Crippen LogP contribution is -2.28. The molecular weight excluding hydrogens is 385 g/mol. The Bertz CT molecular complexity index is 782. The Morgan fingerprint density at radius 3 is 2.78 bits per heavy atom. The molecule has 1 aliphatic rings. The predicted molar refractivity (Wildman–Crippen MR) is 96.2 cm³/mol. The second-order valence-corrected chi connectivity index (χ2v) is 6.21. The van der Waals surface area contributed by atoms with Crippen molar-refractivity contribution in [3.05, 3.63) is 42.2 Å². The Morgan fingerprint density at radius 1 is 1.37 bits per heavy atom. The zero-order chi connectivity index (χ0) is 18.7. The number of benzene rings is 1. The van der Waals surface area contributed by atoms with Crippen LogP contribution in [0.15, 0.2) is 36.7 Å². The van der Waals surface area contributed by atoms with Crippen molar-refractivity contribution in [1.29, 1.82) is 0 Å². The fourth-order valence-corrected chi connectivity index (χ4v) is 3.02. The van der Waals surface area contributed by atoms with Gasteiger partial charge in [-0.3, -0.25) is 9.48 Å². The summed E-state index contributed by atoms with van der Waals surface area (Å²) in [6, 6.07) is 6.09. The molecule has 27 heavy (non-hydrogen) atoms. The van der Waals surface area contributed by atoms with Crippen molar-refractivity contribution in [3.8, 4) is 5.75 Å². The van der Waals surface area contributed by atoms with E-state index in [2.05, 4.69) is 15.7 Å². The number of para-hydroxylation sites is 2. The predicted octanol–water partition coefficient (Wildman–Crippen LogP) is 2.72. The number of hydrogen-bond acceptors (Lipinski definition) is 4. The zero-order valence-electron chi connectivity index (χ0n) is 14.5. The molecule has 2 aromatic rings. The van der Waals surface area contributed by atoms with Crippen LogP contribution in [0, 0.1) is 5.92 Å². The van der Waals surface area contributed by atoms with Crippen LogP contribution in [0.4, 0.5) is 18.9 Å². The third-order valence-electron chi connectivity index (χ3n) is 4.24. The molecule has 1 aromatic carbocycles. The van der Waals surface area contributed by atoms with E-state index in [-0.39, 0.29) is 41.6 Å². The number of hydrogen-bond donors (Lipinski definition) is 2. The monoisotopic (exact) mass is 404 g/mol. The van der Waals surface area contributed by atoms with Gasteiger partial charge in [0.15, 0.2) is 6.61 Å². The first-order valence-electron chi connectivity index (χ1n) is 8.12. The van der Waals surface area contributed by atoms with Gasteiger partial charge in [0.1, 0.15) is 5.75 Å². The van der Waals surface area contributed by atoms with Gasteiger partial charge in [0.2, 0.25) is 5.91 Å². The molecule has 0 spiro atoms. The lowest BCUT2D eigenvalue weighted by atomic mass is 9.90. The molecule has 0 radical (unpaired) electrons. The van der Waals surface area contributed by atoms with Crippen molar-refractivity contribution in [3.63, 3.8) is 0 Å². The number of carbonyl (C=O) groups excluding carboxylic acids is 1. The fraction of sp³-hybridized carbons (Fsp3) is 0.412. The van der Waals surface area contributed by atoms with E-state index in [1.54, 1.807) is 30.1 Å². The number of aryl methyl sites for hydroxylation is 1. The number of aromatic nitrogens is 2. The second-order valence-electron chi connectivity index (χ2n) is 6.21. The Hall–Kier alpha value is -2.26. The molecule has 0 aliphatic carbocycles. The van der Waals surface area contributed by atoms with E-state index in [9.17, 15) is 18.0 Å². The second kappa shape index (κ2) is 8.62. The summed E-state index contributed by atoms with van der Waals surface area (Å²) in [7, 11) is 1.80. The topological polar surface area (TPSA) is 68.2 Å². The summed E-state index contributed by atoms with van der Waals surface area (Å²) in [5.74, 6) is -0.684. The van der Waals surface area contributed by atoms with Crippen LogP contribution in [0.2, 0.25) is 0 Å². The van der Waals surface area contributed by atoms with Gasteiger partial charge in [0, 0.05) is 32.3 Å². The number of alkyl halides is 3. The highest BCUT2D eigenvalue weighted by Crippen LogP contribution is 2.31. The Morgan fingerprint density at radius 2 is 2.11 bits per heavy atom. The molecule has 1 aromatic heterocycles. The van der Waals surface area contributed by atoms with Gasteiger partial charge < -0.3 is 15.4 Å². The molecule has 1 amide bonds. The van der Waals surface area contributed by atoms with E-state index in [4.69, 9.17) is 4.74 Å². The standard InChI is InChI=1S/C17H19F3N4O2.ClH/c1-24-9-11(6-22-24)12-7-21-8-13(12)16(25)23-14-4-2-3-5-15(14)26-10-17(18,19)20;/h2-6,9,12-13,21H,7-8,10H2,1H3,(H,23,25);1H/t12-,13+;/m1./s1. The molecular formula is C17H20ClF3N4O2. The minimum absolute atomic E-state index is 0. The fourth-order valence-electron chi connectivity index (χ4n) is 3.02. The number of anilines is 1. The highest BCUT2D eigenvalue weighted by molar-refractivity contribution is 5.95. The van der Waals surface area contributed by atoms with Gasteiger partial charge in [-0.15, -0.1) is 12.4 Å². The number of ether oxygens (including phenoxy) is 1. The van der Waals surface area contributed by atoms with Gasteiger partial charge >= 0.3 is 6.18 Å². The lowest BCUT2D eigenvalue weighted by molar-refractivity contribution is -0.153. The first-order chi connectivity index (χ1) is 12.3. The first kappa shape index (κ1) is 21.0. The maximum absolute atomic E-state index is 12.7. The van der Waals surface area contributed by atoms with E-state index in [1.165, 1.54) is 12.1 Å². The average molecular weight is 405 g/mol. The van der Waals surface area contributed by atoms with Crippen molar-refractivity contribution in [2.75, 3.05) is 25.0 Å². The van der Waals surface area contributed by atoms with Gasteiger partial charge in [-0.2, -0.15) is 18.3 Å². The summed E-state index contributed by atoms with van der Waals surface area (Å²) in [6.07, 6.45) is -0.867. The summed E-state index contributed by atoms with van der Waals surface area (Å²) in [5, 5.41) is 10.0. The number of nitrogens with zero attached hydrogens (tertiary/aromatic N) is 2. The third kappa shape index (κ3) is 5.36. The molecule has 3 rings (SSSR count). The van der Waals surface area contributed by atoms with Gasteiger partial charge in [0.25, 0.3) is 0 Å². The van der Waals surface area contributed by atoms with Gasteiger partial charge in [-0.1, -0.05) is 12.1 Å². The van der Waals surface area contributed by atoms with E-state index >= 15 is 0 Å². The molecule has 1 saturated heterocycles. The largest absolute Gasteiger partial charge is 0.482 e. The van der Waals surface area contributed by atoms with Crippen LogP contribution in [0.3, 0.4) is 0 Å². The summed E-state index contributed by atoms with van der Waals surface area (Å²) < 4.78 is 43.7. The Labute approximate surface area is 160 Å². The molecule has 1 aliphatic heterocycles. The van der Waals surface area contributed by atoms with Gasteiger partial charge in [-0.05, 0) is 17.7 Å². The van der Waals surface area contributed by atoms with E-state index in [1.807, 2.05) is 6.20 Å². The van der Waals surface area contributed by atoms with E-state index < -0.39 is 12.8 Å². The van der Waals surface area contributed by atoms with Crippen LogP contribution in [0.25, 0.3) is 0 Å². The number of rotatable bonds is 5. The van der Waals surface area contributed by atoms with Crippen LogP contribution < -0.4 is 15.4 Å². The highest BCUT2D eigenvalue weighted by atomic mass is 35.5. The number of carbonyl (C=O) groups is 1. The van der Waals surface area contributed by atoms with Crippen LogP contribution in [0.5, 0.6) is 5.75 Å². The van der Waals surface area contributed by atoms with Crippen LogP contribution in [-0.4, -0.2) is 41.6 Å². The molecule has 6 nitrogen and oxygen atoms in total. The third-order valence-corrected chi connectivity index (χ3v) is 4.24. The van der Waals surface area contributed by atoms with Crippen LogP contribution >= 0.6 is 12.4 Å². The van der Waals surface area contributed by atoms with Crippen molar-refractivity contribution < 1.29 is 22.7 Å². The zero-order valence-corrected chi connectivity index (χ0v) is 15.3. The maximum atomic E-state index is 12.7. The normalized spacial score (nSPS) is 19.4. The molecule has 1 fully saturated rings. The smallest absolute Gasteiger partial charge is 0.422 e. The molecule has 148 valence electrons. The molecule has 2 atom stereocenters. The molecule has 10 heteroatoms. The van der Waals surface area contributed by atoms with Crippen molar-refractivity contribution in [1.82, 2.24) is 15.1 Å². The van der Waals surface area contributed by atoms with Crippen LogP contribution in [0.1, 0.15) is 11.5 Å². The number of halogens is 4.